The summed E-state index contributed by atoms with van der Waals surface area (Å²) in [6.07, 6.45) is 2.60. The number of halogens is 1. The molecule has 5 nitrogen and oxygen atoms in total. The summed E-state index contributed by atoms with van der Waals surface area (Å²) >= 11 is 0. The number of rotatable bonds is 4. The van der Waals surface area contributed by atoms with E-state index in [1.807, 2.05) is 13.0 Å². The highest BCUT2D eigenvalue weighted by Gasteiger charge is 2.30. The second kappa shape index (κ2) is 6.86. The normalized spacial score (nSPS) is 20.7. The minimum atomic E-state index is -3.12. The van der Waals surface area contributed by atoms with Gasteiger partial charge in [0.2, 0.25) is 0 Å². The van der Waals surface area contributed by atoms with Crippen molar-refractivity contribution in [3.63, 3.8) is 0 Å². The highest BCUT2D eigenvalue weighted by atomic mass is 32.2. The van der Waals surface area contributed by atoms with Crippen LogP contribution in [0.1, 0.15) is 30.5 Å². The molecule has 128 valence electrons. The van der Waals surface area contributed by atoms with Crippen molar-refractivity contribution >= 4 is 15.9 Å². The number of hydrogen-bond acceptors (Lipinski definition) is 3. The van der Waals surface area contributed by atoms with Gasteiger partial charge in [0.15, 0.2) is 0 Å². The predicted octanol–water partition coefficient (Wildman–Crippen LogP) is 2.14. The maximum absolute atomic E-state index is 13.9. The topological polar surface area (TPSA) is 66.5 Å². The second-order valence-corrected chi connectivity index (χ2v) is 8.56. The average Bonchev–Trinajstić information content (AvgIpc) is 2.47. The number of carbonyl (C=O) groups excluding carboxylic acids is 1. The fourth-order valence-electron chi connectivity index (χ4n) is 2.84. The summed E-state index contributed by atoms with van der Waals surface area (Å²) < 4.78 is 36.3. The van der Waals surface area contributed by atoms with Crippen LogP contribution in [0.4, 0.5) is 9.18 Å². The van der Waals surface area contributed by atoms with Crippen molar-refractivity contribution in [1.29, 1.82) is 0 Å². The van der Waals surface area contributed by atoms with E-state index in [1.54, 1.807) is 13.1 Å². The molecule has 0 bridgehead atoms. The van der Waals surface area contributed by atoms with Gasteiger partial charge in [0.05, 0.1) is 11.8 Å². The van der Waals surface area contributed by atoms with Gasteiger partial charge in [-0.1, -0.05) is 19.1 Å². The fraction of sp³-hybridized carbons (Fsp3) is 0.562. The van der Waals surface area contributed by atoms with Crippen LogP contribution in [0.3, 0.4) is 0 Å². The molecular formula is C16H23FN2O3S. The molecule has 0 fully saturated rings. The molecule has 1 aliphatic rings. The third kappa shape index (κ3) is 4.43. The van der Waals surface area contributed by atoms with Gasteiger partial charge in [-0.3, -0.25) is 0 Å². The number of nitrogens with one attached hydrogen (secondary N) is 1. The molecule has 1 aromatic carbocycles. The molecular weight excluding hydrogens is 319 g/mol. The third-order valence-electron chi connectivity index (χ3n) is 4.33. The zero-order valence-corrected chi connectivity index (χ0v) is 14.5. The van der Waals surface area contributed by atoms with E-state index in [0.717, 1.165) is 18.2 Å². The number of amides is 2. The number of urea groups is 1. The summed E-state index contributed by atoms with van der Waals surface area (Å²) in [5.41, 5.74) is 1.48. The lowest BCUT2D eigenvalue weighted by Gasteiger charge is -2.33. The smallest absolute Gasteiger partial charge is 0.317 e. The number of fused-ring (bicyclic) bond motifs is 1. The van der Waals surface area contributed by atoms with Crippen LogP contribution >= 0.6 is 0 Å². The largest absolute Gasteiger partial charge is 0.331 e. The number of benzene rings is 1. The molecule has 0 radical (unpaired) electrons. The third-order valence-corrected chi connectivity index (χ3v) is 5.26. The first kappa shape index (κ1) is 17.7. The lowest BCUT2D eigenvalue weighted by atomic mass is 9.80. The molecule has 7 heteroatoms. The molecule has 2 amide bonds. The standard InChI is InChI=1S/C16H23FN2O3S/c1-11-7-8-12-13(5-4-6-14(12)17)15(11)18-16(20)19(2)9-10-23(3,21)22/h4-6,11,15H,7-10H2,1-3H3,(H,18,20). The van der Waals surface area contributed by atoms with Crippen molar-refractivity contribution in [3.05, 3.63) is 35.1 Å². The van der Waals surface area contributed by atoms with E-state index in [-0.39, 0.29) is 36.1 Å². The monoisotopic (exact) mass is 342 g/mol. The van der Waals surface area contributed by atoms with E-state index in [0.29, 0.717) is 12.0 Å². The molecule has 1 aliphatic carbocycles. The van der Waals surface area contributed by atoms with Crippen LogP contribution in [0.25, 0.3) is 0 Å². The van der Waals surface area contributed by atoms with Gasteiger partial charge in [-0.25, -0.2) is 17.6 Å². The zero-order valence-electron chi connectivity index (χ0n) is 13.7. The Hall–Kier alpha value is -1.63. The maximum Gasteiger partial charge on any atom is 0.317 e. The number of sulfone groups is 1. The molecule has 0 aliphatic heterocycles. The van der Waals surface area contributed by atoms with Gasteiger partial charge in [0, 0.05) is 19.8 Å². The van der Waals surface area contributed by atoms with Gasteiger partial charge in [-0.2, -0.15) is 0 Å². The number of nitrogens with zero attached hydrogens (tertiary/aromatic N) is 1. The predicted molar refractivity (Wildman–Crippen MR) is 87.5 cm³/mol. The van der Waals surface area contributed by atoms with Crippen LogP contribution in [0.2, 0.25) is 0 Å². The highest BCUT2D eigenvalue weighted by molar-refractivity contribution is 7.90. The van der Waals surface area contributed by atoms with Crippen LogP contribution in [-0.2, 0) is 16.3 Å². The van der Waals surface area contributed by atoms with Gasteiger partial charge in [-0.05, 0) is 36.0 Å². The molecule has 0 aromatic heterocycles. The summed E-state index contributed by atoms with van der Waals surface area (Å²) in [5.74, 6) is -0.127. The number of hydrogen-bond donors (Lipinski definition) is 1. The molecule has 2 rings (SSSR count). The number of carbonyl (C=O) groups is 1. The average molecular weight is 342 g/mol. The van der Waals surface area contributed by atoms with Gasteiger partial charge in [-0.15, -0.1) is 0 Å². The Balaban J connectivity index is 2.10. The summed E-state index contributed by atoms with van der Waals surface area (Å²) in [7, 11) is -1.57. The molecule has 1 N–H and O–H groups in total. The SMILES string of the molecule is CC1CCc2c(F)cccc2C1NC(=O)N(C)CCS(C)(=O)=O. The molecule has 23 heavy (non-hydrogen) atoms. The Bertz CT molecular complexity index is 691. The van der Waals surface area contributed by atoms with E-state index in [9.17, 15) is 17.6 Å². The Labute approximate surface area is 136 Å². The summed E-state index contributed by atoms with van der Waals surface area (Å²) in [5, 5.41) is 2.91. The van der Waals surface area contributed by atoms with Crippen LogP contribution < -0.4 is 5.32 Å². The van der Waals surface area contributed by atoms with Gasteiger partial charge < -0.3 is 10.2 Å². The summed E-state index contributed by atoms with van der Waals surface area (Å²) in [6.45, 7) is 2.15. The summed E-state index contributed by atoms with van der Waals surface area (Å²) in [6, 6.07) is 4.32. The molecule has 0 saturated carbocycles. The van der Waals surface area contributed by atoms with E-state index in [1.165, 1.54) is 11.0 Å². The Morgan fingerprint density at radius 1 is 1.43 bits per heavy atom. The van der Waals surface area contributed by atoms with Crippen molar-refractivity contribution in [3.8, 4) is 0 Å². The minimum absolute atomic E-state index is 0.0810. The van der Waals surface area contributed by atoms with Crippen LogP contribution in [0, 0.1) is 11.7 Å². The molecule has 0 heterocycles. The van der Waals surface area contributed by atoms with Crippen molar-refractivity contribution in [2.24, 2.45) is 5.92 Å². The van der Waals surface area contributed by atoms with Crippen LogP contribution in [0.15, 0.2) is 18.2 Å². The van der Waals surface area contributed by atoms with Crippen molar-refractivity contribution < 1.29 is 17.6 Å². The first-order valence-electron chi connectivity index (χ1n) is 7.65. The Morgan fingerprint density at radius 2 is 2.13 bits per heavy atom. The van der Waals surface area contributed by atoms with Gasteiger partial charge in [0.25, 0.3) is 0 Å². The minimum Gasteiger partial charge on any atom is -0.331 e. The molecule has 1 aromatic rings. The molecule has 0 spiro atoms. The van der Waals surface area contributed by atoms with Crippen molar-refractivity contribution in [2.45, 2.75) is 25.8 Å². The van der Waals surface area contributed by atoms with E-state index >= 15 is 0 Å². The van der Waals surface area contributed by atoms with Gasteiger partial charge in [0.1, 0.15) is 15.7 Å². The Kier molecular flexibility index (Phi) is 5.29. The zero-order chi connectivity index (χ0) is 17.2. The first-order valence-corrected chi connectivity index (χ1v) is 9.71. The Morgan fingerprint density at radius 3 is 2.78 bits per heavy atom. The quantitative estimate of drug-likeness (QED) is 0.911. The maximum atomic E-state index is 13.9. The first-order chi connectivity index (χ1) is 10.7. The van der Waals surface area contributed by atoms with Crippen LogP contribution in [-0.4, -0.2) is 44.9 Å². The van der Waals surface area contributed by atoms with Crippen LogP contribution in [0.5, 0.6) is 0 Å². The second-order valence-electron chi connectivity index (χ2n) is 6.30. The van der Waals surface area contributed by atoms with Crippen molar-refractivity contribution in [2.75, 3.05) is 25.6 Å². The van der Waals surface area contributed by atoms with Gasteiger partial charge >= 0.3 is 6.03 Å². The van der Waals surface area contributed by atoms with E-state index in [4.69, 9.17) is 0 Å². The lowest BCUT2D eigenvalue weighted by Crippen LogP contribution is -2.44. The molecule has 0 saturated heterocycles. The van der Waals surface area contributed by atoms with E-state index < -0.39 is 9.84 Å². The fourth-order valence-corrected chi connectivity index (χ4v) is 3.45. The molecule has 2 atom stereocenters. The highest BCUT2D eigenvalue weighted by Crippen LogP contribution is 2.35. The lowest BCUT2D eigenvalue weighted by molar-refractivity contribution is 0.200. The molecule has 2 unspecified atom stereocenters. The van der Waals surface area contributed by atoms with Crippen molar-refractivity contribution in [1.82, 2.24) is 10.2 Å². The van der Waals surface area contributed by atoms with E-state index in [2.05, 4.69) is 5.32 Å². The summed E-state index contributed by atoms with van der Waals surface area (Å²) in [4.78, 5) is 13.6.